The summed E-state index contributed by atoms with van der Waals surface area (Å²) in [5.74, 6) is -0.383. The van der Waals surface area contributed by atoms with Gasteiger partial charge in [-0.3, -0.25) is 14.2 Å². The van der Waals surface area contributed by atoms with E-state index < -0.39 is 25.2 Å². The molecule has 31 heavy (non-hydrogen) atoms. The molecule has 0 fully saturated rings. The van der Waals surface area contributed by atoms with Crippen LogP contribution >= 0.6 is 0 Å². The van der Waals surface area contributed by atoms with E-state index in [-0.39, 0.29) is 12.3 Å². The molecule has 0 spiro atoms. The third-order valence-electron chi connectivity index (χ3n) is 4.69. The Kier molecular flexibility index (Phi) is 5.31. The number of aromatic nitrogens is 7. The molecular weight excluding hydrogens is 415 g/mol. The number of fused-ring (bicyclic) bond motifs is 1. The number of rotatable bonds is 7. The predicted octanol–water partition coefficient (Wildman–Crippen LogP) is 2.53. The lowest BCUT2D eigenvalue weighted by atomic mass is 10.2. The van der Waals surface area contributed by atoms with Gasteiger partial charge in [-0.1, -0.05) is 0 Å². The third kappa shape index (κ3) is 4.48. The van der Waals surface area contributed by atoms with Crippen LogP contribution in [0.3, 0.4) is 0 Å². The van der Waals surface area contributed by atoms with Gasteiger partial charge in [0.15, 0.2) is 5.78 Å². The van der Waals surface area contributed by atoms with Crippen LogP contribution in [0.2, 0.25) is 0 Å². The molecule has 0 saturated heterocycles. The molecule has 4 aromatic rings. The quantitative estimate of drug-likeness (QED) is 0.481. The highest BCUT2D eigenvalue weighted by Gasteiger charge is 2.31. The number of alkyl halides is 3. The van der Waals surface area contributed by atoms with E-state index in [1.807, 2.05) is 0 Å². The zero-order chi connectivity index (χ0) is 22.2. The number of Topliss-reactive ketones (excluding diaryl/α,β-unsaturated/α-hetero) is 1. The van der Waals surface area contributed by atoms with Crippen LogP contribution in [0, 0.1) is 0 Å². The van der Waals surface area contributed by atoms with Gasteiger partial charge in [0.05, 0.1) is 54.2 Å². The van der Waals surface area contributed by atoms with Crippen molar-refractivity contribution in [3.05, 3.63) is 43.2 Å². The molecule has 4 heterocycles. The molecule has 0 unspecified atom stereocenters. The number of nitrogens with zero attached hydrogens (tertiary/aromatic N) is 7. The molecule has 162 valence electrons. The van der Waals surface area contributed by atoms with Crippen molar-refractivity contribution in [3.8, 4) is 22.5 Å². The predicted molar refractivity (Wildman–Crippen MR) is 103 cm³/mol. The number of aliphatic hydroxyl groups excluding tert-OH is 1. The first-order chi connectivity index (χ1) is 14.7. The first kappa shape index (κ1) is 20.7. The Balaban J connectivity index is 1.70. The van der Waals surface area contributed by atoms with Gasteiger partial charge in [-0.05, 0) is 13.0 Å². The van der Waals surface area contributed by atoms with Crippen molar-refractivity contribution in [1.29, 1.82) is 0 Å². The molecule has 9 nitrogen and oxygen atoms in total. The molecule has 4 aromatic heterocycles. The monoisotopic (exact) mass is 433 g/mol. The minimum absolute atomic E-state index is 0.0722. The second-order valence-corrected chi connectivity index (χ2v) is 7.14. The fraction of sp³-hybridized carbons (Fsp3) is 0.316. The van der Waals surface area contributed by atoms with Crippen molar-refractivity contribution < 1.29 is 23.1 Å². The van der Waals surface area contributed by atoms with Crippen LogP contribution < -0.4 is 0 Å². The second kappa shape index (κ2) is 7.95. The molecule has 0 amide bonds. The van der Waals surface area contributed by atoms with E-state index >= 15 is 0 Å². The minimum Gasteiger partial charge on any atom is -0.389 e. The van der Waals surface area contributed by atoms with Gasteiger partial charge in [0.1, 0.15) is 13.2 Å². The smallest absolute Gasteiger partial charge is 0.389 e. The Morgan fingerprint density at radius 1 is 1.13 bits per heavy atom. The fourth-order valence-corrected chi connectivity index (χ4v) is 3.22. The molecule has 1 atom stereocenters. The van der Waals surface area contributed by atoms with Gasteiger partial charge < -0.3 is 5.11 Å². The highest BCUT2D eigenvalue weighted by molar-refractivity contribution is 5.79. The molecule has 1 N–H and O–H groups in total. The van der Waals surface area contributed by atoms with Crippen LogP contribution in [-0.2, 0) is 11.3 Å². The van der Waals surface area contributed by atoms with Crippen LogP contribution in [0.15, 0.2) is 43.2 Å². The van der Waals surface area contributed by atoms with Crippen LogP contribution in [0.1, 0.15) is 19.4 Å². The molecule has 0 radical (unpaired) electrons. The topological polar surface area (TPSA) is 103 Å². The Hall–Kier alpha value is -3.54. The maximum absolute atomic E-state index is 12.7. The van der Waals surface area contributed by atoms with Crippen molar-refractivity contribution >= 4 is 11.3 Å². The Bertz CT molecular complexity index is 1220. The molecule has 0 aliphatic heterocycles. The minimum atomic E-state index is -4.29. The molecule has 0 saturated carbocycles. The SMILES string of the molecule is C[C@H](CC(F)(F)F)n1cc(-c2nc(-c3cnn(CC(=O)CO)c3)cn3nccc23)cn1. The summed E-state index contributed by atoms with van der Waals surface area (Å²) >= 11 is 0. The Morgan fingerprint density at radius 3 is 2.65 bits per heavy atom. The highest BCUT2D eigenvalue weighted by Crippen LogP contribution is 2.30. The largest absolute Gasteiger partial charge is 0.391 e. The summed E-state index contributed by atoms with van der Waals surface area (Å²) in [5, 5.41) is 21.3. The Morgan fingerprint density at radius 2 is 1.90 bits per heavy atom. The van der Waals surface area contributed by atoms with Crippen molar-refractivity contribution in [3.63, 3.8) is 0 Å². The summed E-state index contributed by atoms with van der Waals surface area (Å²) in [4.78, 5) is 16.1. The molecule has 0 aliphatic carbocycles. The molecule has 0 aliphatic rings. The van der Waals surface area contributed by atoms with Crippen LogP contribution in [0.25, 0.3) is 28.0 Å². The first-order valence-electron chi connectivity index (χ1n) is 9.34. The number of halogens is 3. The van der Waals surface area contributed by atoms with Crippen LogP contribution in [0.5, 0.6) is 0 Å². The summed E-state index contributed by atoms with van der Waals surface area (Å²) < 4.78 is 42.4. The number of ketones is 1. The van der Waals surface area contributed by atoms with Gasteiger partial charge in [0.2, 0.25) is 0 Å². The van der Waals surface area contributed by atoms with E-state index in [0.29, 0.717) is 28.0 Å². The maximum Gasteiger partial charge on any atom is 0.391 e. The lowest BCUT2D eigenvalue weighted by molar-refractivity contribution is -0.142. The van der Waals surface area contributed by atoms with E-state index in [9.17, 15) is 18.0 Å². The van der Waals surface area contributed by atoms with Crippen molar-refractivity contribution in [2.45, 2.75) is 32.1 Å². The number of aliphatic hydroxyl groups is 1. The number of hydrogen-bond donors (Lipinski definition) is 1. The zero-order valence-electron chi connectivity index (χ0n) is 16.4. The van der Waals surface area contributed by atoms with Gasteiger partial charge in [-0.25, -0.2) is 9.50 Å². The molecule has 4 rings (SSSR count). The highest BCUT2D eigenvalue weighted by atomic mass is 19.4. The second-order valence-electron chi connectivity index (χ2n) is 7.14. The Labute approximate surface area is 173 Å². The number of hydrogen-bond acceptors (Lipinski definition) is 6. The normalized spacial score (nSPS) is 13.1. The van der Waals surface area contributed by atoms with E-state index in [4.69, 9.17) is 5.11 Å². The number of carbonyl (C=O) groups excluding carboxylic acids is 1. The van der Waals surface area contributed by atoms with Crippen LogP contribution in [-0.4, -0.2) is 57.8 Å². The van der Waals surface area contributed by atoms with Gasteiger partial charge in [-0.2, -0.15) is 28.5 Å². The summed E-state index contributed by atoms with van der Waals surface area (Å²) in [6.07, 6.45) is 4.13. The third-order valence-corrected chi connectivity index (χ3v) is 4.69. The molecule has 12 heteroatoms. The average molecular weight is 433 g/mol. The summed E-state index contributed by atoms with van der Waals surface area (Å²) in [6.45, 7) is 0.801. The standard InChI is InChI=1S/C19H18F3N7O2/c1-12(4-19(20,21)22)28-8-14(6-25-28)18-17-2-3-23-29(17)10-16(26-18)13-5-24-27(7-13)9-15(31)11-30/h2-3,5-8,10,12,30H,4,9,11H2,1H3/t12-/m1/s1. The maximum atomic E-state index is 12.7. The van der Waals surface area contributed by atoms with Crippen LogP contribution in [0.4, 0.5) is 13.2 Å². The van der Waals surface area contributed by atoms with Crippen molar-refractivity contribution in [1.82, 2.24) is 34.2 Å². The molecular formula is C19H18F3N7O2. The average Bonchev–Trinajstić information content (AvgIpc) is 3.45. The first-order valence-corrected chi connectivity index (χ1v) is 9.34. The summed E-state index contributed by atoms with van der Waals surface area (Å²) in [7, 11) is 0. The van der Waals surface area contributed by atoms with E-state index in [1.54, 1.807) is 29.2 Å². The zero-order valence-corrected chi connectivity index (χ0v) is 16.4. The lowest BCUT2D eigenvalue weighted by Gasteiger charge is -2.14. The van der Waals surface area contributed by atoms with Gasteiger partial charge in [0.25, 0.3) is 0 Å². The summed E-state index contributed by atoms with van der Waals surface area (Å²) in [6, 6.07) is 0.881. The van der Waals surface area contributed by atoms with E-state index in [2.05, 4.69) is 20.3 Å². The van der Waals surface area contributed by atoms with Crippen molar-refractivity contribution in [2.24, 2.45) is 0 Å². The van der Waals surface area contributed by atoms with Gasteiger partial charge >= 0.3 is 6.18 Å². The number of carbonyl (C=O) groups is 1. The lowest BCUT2D eigenvalue weighted by Crippen LogP contribution is -2.16. The van der Waals surface area contributed by atoms with E-state index in [0.717, 1.165) is 0 Å². The van der Waals surface area contributed by atoms with Crippen molar-refractivity contribution in [2.75, 3.05) is 6.61 Å². The van der Waals surface area contributed by atoms with Gasteiger partial charge in [-0.15, -0.1) is 0 Å². The molecule has 0 aromatic carbocycles. The fourth-order valence-electron chi connectivity index (χ4n) is 3.22. The summed E-state index contributed by atoms with van der Waals surface area (Å²) in [5.41, 5.74) is 2.82. The molecule has 0 bridgehead atoms. The van der Waals surface area contributed by atoms with E-state index in [1.165, 1.54) is 34.9 Å². The van der Waals surface area contributed by atoms with Gasteiger partial charge in [0, 0.05) is 23.5 Å².